The van der Waals surface area contributed by atoms with Gasteiger partial charge >= 0.3 is 11.8 Å². The highest BCUT2D eigenvalue weighted by Gasteiger charge is 2.33. The number of hydrogen-bond acceptors (Lipinski definition) is 6. The van der Waals surface area contributed by atoms with Crippen LogP contribution in [0.1, 0.15) is 30.9 Å². The molecular formula is C23H30N6O5. The Morgan fingerprint density at radius 3 is 2.50 bits per heavy atom. The lowest BCUT2D eigenvalue weighted by molar-refractivity contribution is -0.135. The molecule has 2 atom stereocenters. The third-order valence-electron chi connectivity index (χ3n) is 7.44. The summed E-state index contributed by atoms with van der Waals surface area (Å²) >= 11 is 0. The summed E-state index contributed by atoms with van der Waals surface area (Å²) in [6, 6.07) is 5.52. The molecule has 4 heterocycles. The van der Waals surface area contributed by atoms with Crippen LogP contribution in [0, 0.1) is 0 Å². The number of piperidine rings is 1. The first kappa shape index (κ1) is 22.6. The molecule has 0 aliphatic carbocycles. The van der Waals surface area contributed by atoms with Gasteiger partial charge in [0.1, 0.15) is 6.04 Å². The van der Waals surface area contributed by atoms with E-state index in [0.29, 0.717) is 31.1 Å². The van der Waals surface area contributed by atoms with Crippen molar-refractivity contribution in [2.75, 3.05) is 39.3 Å². The van der Waals surface area contributed by atoms with Crippen molar-refractivity contribution in [3.05, 3.63) is 34.2 Å². The molecule has 182 valence electrons. The highest BCUT2D eigenvalue weighted by molar-refractivity contribution is 6.00. The van der Waals surface area contributed by atoms with Gasteiger partial charge in [0, 0.05) is 65.3 Å². The topological polar surface area (TPSA) is 120 Å². The number of hydrogen-bond donors (Lipinski definition) is 2. The first-order valence-corrected chi connectivity index (χ1v) is 11.8. The molecular weight excluding hydrogens is 440 g/mol. The minimum atomic E-state index is -0.836. The van der Waals surface area contributed by atoms with Crippen LogP contribution in [0.2, 0.25) is 0 Å². The van der Waals surface area contributed by atoms with E-state index in [1.54, 1.807) is 11.6 Å². The van der Waals surface area contributed by atoms with Gasteiger partial charge in [0.05, 0.1) is 11.0 Å². The molecule has 5 rings (SSSR count). The number of imidazole rings is 1. The number of carbonyl (C=O) groups excluding carboxylic acids is 2. The average molecular weight is 471 g/mol. The zero-order chi connectivity index (χ0) is 24.0. The quantitative estimate of drug-likeness (QED) is 0.612. The van der Waals surface area contributed by atoms with E-state index in [-0.39, 0.29) is 18.0 Å². The van der Waals surface area contributed by atoms with Crippen molar-refractivity contribution in [3.63, 3.8) is 0 Å². The highest BCUT2D eigenvalue weighted by atomic mass is 16.4. The van der Waals surface area contributed by atoms with Crippen LogP contribution in [-0.4, -0.2) is 92.2 Å². The Labute approximate surface area is 196 Å². The third kappa shape index (κ3) is 4.09. The van der Waals surface area contributed by atoms with E-state index >= 15 is 0 Å². The molecule has 1 aromatic carbocycles. The van der Waals surface area contributed by atoms with E-state index in [1.807, 2.05) is 18.2 Å². The normalized spacial score (nSPS) is 24.7. The minimum absolute atomic E-state index is 0.221. The average Bonchev–Trinajstić information content (AvgIpc) is 3.40. The van der Waals surface area contributed by atoms with Crippen LogP contribution in [0.3, 0.4) is 0 Å². The molecule has 2 aromatic rings. The number of nitrogens with zero attached hydrogens (tertiary/aromatic N) is 5. The molecule has 3 amide bonds. The van der Waals surface area contributed by atoms with Crippen molar-refractivity contribution in [2.24, 2.45) is 7.05 Å². The molecule has 3 aliphatic heterocycles. The molecule has 0 saturated carbocycles. The molecule has 3 saturated heterocycles. The molecule has 2 N–H and O–H groups in total. The highest BCUT2D eigenvalue weighted by Crippen LogP contribution is 2.24. The summed E-state index contributed by atoms with van der Waals surface area (Å²) in [4.78, 5) is 54.3. The maximum Gasteiger partial charge on any atom is 0.407 e. The van der Waals surface area contributed by atoms with Gasteiger partial charge in [-0.1, -0.05) is 6.07 Å². The molecule has 3 aliphatic rings. The van der Waals surface area contributed by atoms with Crippen molar-refractivity contribution < 1.29 is 19.5 Å². The molecule has 0 spiro atoms. The van der Waals surface area contributed by atoms with Gasteiger partial charge in [-0.15, -0.1) is 0 Å². The van der Waals surface area contributed by atoms with Gasteiger partial charge in [-0.2, -0.15) is 0 Å². The number of likely N-dealkylation sites (tertiary alicyclic amines) is 1. The zero-order valence-corrected chi connectivity index (χ0v) is 19.3. The van der Waals surface area contributed by atoms with E-state index in [1.165, 1.54) is 9.47 Å². The monoisotopic (exact) mass is 470 g/mol. The number of amides is 3. The van der Waals surface area contributed by atoms with Crippen molar-refractivity contribution in [2.45, 2.75) is 37.9 Å². The number of nitrogens with one attached hydrogen (secondary N) is 1. The number of carbonyl (C=O) groups is 3. The SMILES string of the molecule is Cn1c(=O)n(C2CCC(=O)NC2=O)c2ccc(CN3CCN([C@@H]4CCN(C(=O)O)C4)CC3)cc21. The molecule has 11 nitrogen and oxygen atoms in total. The second-order valence-corrected chi connectivity index (χ2v) is 9.48. The second kappa shape index (κ2) is 8.88. The van der Waals surface area contributed by atoms with Crippen LogP contribution in [0.4, 0.5) is 4.79 Å². The number of rotatable bonds is 4. The summed E-state index contributed by atoms with van der Waals surface area (Å²) in [6.45, 7) is 5.57. The Bertz CT molecular complexity index is 1190. The van der Waals surface area contributed by atoms with E-state index in [4.69, 9.17) is 0 Å². The number of aromatic nitrogens is 2. The van der Waals surface area contributed by atoms with E-state index in [0.717, 1.165) is 50.2 Å². The van der Waals surface area contributed by atoms with Gasteiger partial charge in [0.2, 0.25) is 11.8 Å². The van der Waals surface area contributed by atoms with Gasteiger partial charge in [-0.3, -0.25) is 33.8 Å². The molecule has 1 unspecified atom stereocenters. The molecule has 11 heteroatoms. The van der Waals surface area contributed by atoms with Gasteiger partial charge in [-0.25, -0.2) is 9.59 Å². The molecule has 34 heavy (non-hydrogen) atoms. The Balaban J connectivity index is 1.26. The molecule has 3 fully saturated rings. The summed E-state index contributed by atoms with van der Waals surface area (Å²) in [5.74, 6) is -0.731. The van der Waals surface area contributed by atoms with Crippen LogP contribution in [0.5, 0.6) is 0 Å². The van der Waals surface area contributed by atoms with E-state index in [9.17, 15) is 24.3 Å². The predicted molar refractivity (Wildman–Crippen MR) is 123 cm³/mol. The van der Waals surface area contributed by atoms with Gasteiger partial charge < -0.3 is 10.0 Å². The summed E-state index contributed by atoms with van der Waals surface area (Å²) in [6.07, 6.45) is 0.595. The van der Waals surface area contributed by atoms with E-state index < -0.39 is 18.0 Å². The van der Waals surface area contributed by atoms with Crippen LogP contribution in [0.25, 0.3) is 11.0 Å². The van der Waals surface area contributed by atoms with Crippen molar-refractivity contribution in [1.29, 1.82) is 0 Å². The Morgan fingerprint density at radius 1 is 1.06 bits per heavy atom. The van der Waals surface area contributed by atoms with Crippen molar-refractivity contribution >= 4 is 28.9 Å². The maximum absolute atomic E-state index is 12.9. The van der Waals surface area contributed by atoms with Gasteiger partial charge in [0.25, 0.3) is 0 Å². The largest absolute Gasteiger partial charge is 0.465 e. The fourth-order valence-electron chi connectivity index (χ4n) is 5.50. The predicted octanol–water partition coefficient (Wildman–Crippen LogP) is 0.188. The van der Waals surface area contributed by atoms with Crippen molar-refractivity contribution in [3.8, 4) is 0 Å². The summed E-state index contributed by atoms with van der Waals surface area (Å²) in [5, 5.41) is 11.5. The number of aryl methyl sites for hydroxylation is 1. The Morgan fingerprint density at radius 2 is 1.82 bits per heavy atom. The van der Waals surface area contributed by atoms with Crippen LogP contribution in [-0.2, 0) is 23.2 Å². The lowest BCUT2D eigenvalue weighted by Gasteiger charge is -2.38. The Hall–Kier alpha value is -3.18. The first-order chi connectivity index (χ1) is 16.3. The maximum atomic E-state index is 12.9. The Kier molecular flexibility index (Phi) is 5.90. The zero-order valence-electron chi connectivity index (χ0n) is 19.3. The fraction of sp³-hybridized carbons (Fsp3) is 0.565. The van der Waals surface area contributed by atoms with Crippen LogP contribution < -0.4 is 11.0 Å². The molecule has 1 aromatic heterocycles. The van der Waals surface area contributed by atoms with E-state index in [2.05, 4.69) is 15.1 Å². The summed E-state index contributed by atoms with van der Waals surface area (Å²) < 4.78 is 3.07. The molecule has 0 radical (unpaired) electrons. The number of fused-ring (bicyclic) bond motifs is 1. The standard InChI is InChI=1S/C23H30N6O5/c1-25-19-12-15(2-3-17(19)29(22(25)32)18-4-5-20(30)24-21(18)31)13-26-8-10-27(11-9-26)16-6-7-28(14-16)23(33)34/h2-3,12,16,18H,4-11,13-14H2,1H3,(H,33,34)(H,24,30,31)/t16-,18?/m1/s1. The molecule has 0 bridgehead atoms. The minimum Gasteiger partial charge on any atom is -0.465 e. The first-order valence-electron chi connectivity index (χ1n) is 11.8. The lowest BCUT2D eigenvalue weighted by atomic mass is 10.1. The lowest BCUT2D eigenvalue weighted by Crippen LogP contribution is -2.50. The smallest absolute Gasteiger partial charge is 0.407 e. The second-order valence-electron chi connectivity index (χ2n) is 9.48. The number of imide groups is 1. The van der Waals surface area contributed by atoms with Crippen molar-refractivity contribution in [1.82, 2.24) is 29.2 Å². The number of piperazine rings is 1. The fourth-order valence-corrected chi connectivity index (χ4v) is 5.50. The van der Waals surface area contributed by atoms with Crippen LogP contribution in [0.15, 0.2) is 23.0 Å². The number of carboxylic acid groups (broad SMARTS) is 1. The summed E-state index contributed by atoms with van der Waals surface area (Å²) in [5.41, 5.74) is 2.29. The van der Waals surface area contributed by atoms with Gasteiger partial charge in [0.15, 0.2) is 0 Å². The number of benzene rings is 1. The third-order valence-corrected chi connectivity index (χ3v) is 7.44. The van der Waals surface area contributed by atoms with Gasteiger partial charge in [-0.05, 0) is 30.5 Å². The van der Waals surface area contributed by atoms with Crippen LogP contribution >= 0.6 is 0 Å². The summed E-state index contributed by atoms with van der Waals surface area (Å²) in [7, 11) is 1.71.